The van der Waals surface area contributed by atoms with Crippen LogP contribution in [0.5, 0.6) is 11.5 Å². The van der Waals surface area contributed by atoms with Crippen LogP contribution in [0.4, 0.5) is 11.6 Å². The highest BCUT2D eigenvalue weighted by atomic mass is 35.5. The van der Waals surface area contributed by atoms with Crippen molar-refractivity contribution in [3.63, 3.8) is 0 Å². The van der Waals surface area contributed by atoms with Crippen molar-refractivity contribution in [3.8, 4) is 17.3 Å². The van der Waals surface area contributed by atoms with Crippen LogP contribution < -0.4 is 15.4 Å². The molecule has 0 aliphatic rings. The van der Waals surface area contributed by atoms with E-state index in [9.17, 15) is 9.90 Å². The summed E-state index contributed by atoms with van der Waals surface area (Å²) < 4.78 is 7.49. The molecule has 0 radical (unpaired) electrons. The summed E-state index contributed by atoms with van der Waals surface area (Å²) in [6.45, 7) is 1.59. The van der Waals surface area contributed by atoms with Gasteiger partial charge in [-0.05, 0) is 61.0 Å². The number of amides is 1. The molecule has 0 saturated heterocycles. The number of imidazole rings is 1. The summed E-state index contributed by atoms with van der Waals surface area (Å²) in [5, 5.41) is 16.3. The molecule has 9 nitrogen and oxygen atoms in total. The molecule has 0 spiro atoms. The Morgan fingerprint density at radius 3 is 2.50 bits per heavy atom. The van der Waals surface area contributed by atoms with Crippen molar-refractivity contribution in [2.24, 2.45) is 0 Å². The summed E-state index contributed by atoms with van der Waals surface area (Å²) in [6.07, 6.45) is 4.78. The summed E-state index contributed by atoms with van der Waals surface area (Å²) >= 11 is 6.05. The van der Waals surface area contributed by atoms with E-state index in [1.807, 2.05) is 61.5 Å². The Hall–Kier alpha value is -4.38. The standard InChI is InChI=1S/C29H25ClN6O3.H2S/c1-19-15-31-29(33-22-10-12-24(13-11-22)39-23-8-3-2-4-9-23)35-27(19)36-16-25(32-18-36)28(38)34-26(17-37)20-6-5-7-21(30)14-20;/h2-16,18,26,37H,17H2,1H3,(H,34,38)(H,31,33,35);1H2/t26-;/m1./s1. The molecule has 40 heavy (non-hydrogen) atoms. The molecule has 2 heterocycles. The first-order valence-electron chi connectivity index (χ1n) is 12.1. The van der Waals surface area contributed by atoms with Crippen LogP contribution in [0, 0.1) is 6.92 Å². The number of halogens is 1. The zero-order valence-electron chi connectivity index (χ0n) is 21.5. The van der Waals surface area contributed by atoms with Gasteiger partial charge in [0.25, 0.3) is 5.91 Å². The maximum absolute atomic E-state index is 12.9. The fourth-order valence-electron chi connectivity index (χ4n) is 3.86. The van der Waals surface area contributed by atoms with Crippen molar-refractivity contribution < 1.29 is 14.6 Å². The monoisotopic (exact) mass is 574 g/mol. The van der Waals surface area contributed by atoms with Gasteiger partial charge in [-0.15, -0.1) is 0 Å². The van der Waals surface area contributed by atoms with Crippen molar-refractivity contribution >= 4 is 42.6 Å². The second-order valence-corrected chi connectivity index (χ2v) is 9.13. The predicted octanol–water partition coefficient (Wildman–Crippen LogP) is 5.74. The van der Waals surface area contributed by atoms with E-state index in [1.54, 1.807) is 41.2 Å². The van der Waals surface area contributed by atoms with Crippen molar-refractivity contribution in [1.82, 2.24) is 24.8 Å². The van der Waals surface area contributed by atoms with Gasteiger partial charge < -0.3 is 20.5 Å². The first-order chi connectivity index (χ1) is 19.0. The quantitative estimate of drug-likeness (QED) is 0.206. The number of rotatable bonds is 9. The lowest BCUT2D eigenvalue weighted by atomic mass is 10.1. The molecule has 11 heteroatoms. The van der Waals surface area contributed by atoms with E-state index in [1.165, 1.54) is 6.33 Å². The van der Waals surface area contributed by atoms with Gasteiger partial charge in [0.15, 0.2) is 0 Å². The number of carbonyl (C=O) groups excluding carboxylic acids is 1. The third-order valence-electron chi connectivity index (χ3n) is 5.83. The molecule has 3 aromatic carbocycles. The fraction of sp³-hybridized carbons (Fsp3) is 0.103. The predicted molar refractivity (Wildman–Crippen MR) is 159 cm³/mol. The van der Waals surface area contributed by atoms with E-state index in [4.69, 9.17) is 16.3 Å². The molecular weight excluding hydrogens is 548 g/mol. The lowest BCUT2D eigenvalue weighted by Gasteiger charge is -2.16. The van der Waals surface area contributed by atoms with Gasteiger partial charge in [0.1, 0.15) is 29.3 Å². The number of hydrogen-bond acceptors (Lipinski definition) is 7. The van der Waals surface area contributed by atoms with E-state index < -0.39 is 11.9 Å². The normalized spacial score (nSPS) is 11.3. The molecule has 1 amide bonds. The minimum absolute atomic E-state index is 0. The molecule has 5 aromatic rings. The Morgan fingerprint density at radius 2 is 1.77 bits per heavy atom. The fourth-order valence-corrected chi connectivity index (χ4v) is 4.06. The second kappa shape index (κ2) is 13.1. The van der Waals surface area contributed by atoms with Gasteiger partial charge in [-0.3, -0.25) is 9.36 Å². The molecule has 0 fully saturated rings. The Kier molecular flexibility index (Phi) is 9.39. The molecule has 0 bridgehead atoms. The Balaban J connectivity index is 0.00000370. The van der Waals surface area contributed by atoms with Gasteiger partial charge in [0.05, 0.1) is 12.6 Å². The summed E-state index contributed by atoms with van der Waals surface area (Å²) in [5.41, 5.74) is 2.45. The van der Waals surface area contributed by atoms with Crippen LogP contribution >= 0.6 is 25.1 Å². The maximum Gasteiger partial charge on any atom is 0.272 e. The maximum atomic E-state index is 12.9. The van der Waals surface area contributed by atoms with E-state index in [0.717, 1.165) is 17.0 Å². The van der Waals surface area contributed by atoms with Crippen LogP contribution in [0.1, 0.15) is 27.7 Å². The number of aliphatic hydroxyl groups excluding tert-OH is 1. The minimum atomic E-state index is -0.623. The van der Waals surface area contributed by atoms with Crippen molar-refractivity contribution in [2.45, 2.75) is 13.0 Å². The molecule has 0 saturated carbocycles. The highest BCUT2D eigenvalue weighted by molar-refractivity contribution is 7.59. The van der Waals surface area contributed by atoms with Gasteiger partial charge in [-0.1, -0.05) is 41.9 Å². The van der Waals surface area contributed by atoms with Gasteiger partial charge in [0.2, 0.25) is 5.95 Å². The third-order valence-corrected chi connectivity index (χ3v) is 6.07. The summed E-state index contributed by atoms with van der Waals surface area (Å²) in [7, 11) is 0. The SMILES string of the molecule is Cc1cnc(Nc2ccc(Oc3ccccc3)cc2)nc1-n1cnc(C(=O)N[C@H](CO)c2cccc(Cl)c2)c1.S. The van der Waals surface area contributed by atoms with Gasteiger partial charge in [-0.25, -0.2) is 9.97 Å². The summed E-state index contributed by atoms with van der Waals surface area (Å²) in [5.74, 6) is 1.98. The van der Waals surface area contributed by atoms with Gasteiger partial charge in [0, 0.05) is 28.7 Å². The largest absolute Gasteiger partial charge is 0.457 e. The molecule has 0 aliphatic heterocycles. The van der Waals surface area contributed by atoms with Crippen LogP contribution in [0.2, 0.25) is 5.02 Å². The molecule has 0 aliphatic carbocycles. The molecular formula is C29H27ClN6O3S. The molecule has 0 unspecified atom stereocenters. The number of benzene rings is 3. The molecule has 3 N–H and O–H groups in total. The smallest absolute Gasteiger partial charge is 0.272 e. The van der Waals surface area contributed by atoms with E-state index >= 15 is 0 Å². The first-order valence-corrected chi connectivity index (χ1v) is 12.5. The molecule has 2 aromatic heterocycles. The van der Waals surface area contributed by atoms with E-state index in [2.05, 4.69) is 25.6 Å². The number of aromatic nitrogens is 4. The minimum Gasteiger partial charge on any atom is -0.457 e. The van der Waals surface area contributed by atoms with Crippen LogP contribution in [0.25, 0.3) is 5.82 Å². The second-order valence-electron chi connectivity index (χ2n) is 8.69. The number of anilines is 2. The van der Waals surface area contributed by atoms with Crippen LogP contribution in [-0.2, 0) is 0 Å². The Labute approximate surface area is 243 Å². The lowest BCUT2D eigenvalue weighted by Crippen LogP contribution is -2.31. The van der Waals surface area contributed by atoms with Crippen molar-refractivity contribution in [1.29, 1.82) is 0 Å². The van der Waals surface area contributed by atoms with Crippen LogP contribution in [-0.4, -0.2) is 37.1 Å². The zero-order valence-corrected chi connectivity index (χ0v) is 23.2. The number of ether oxygens (including phenoxy) is 1. The number of para-hydroxylation sites is 1. The molecule has 204 valence electrons. The number of carbonyl (C=O) groups is 1. The van der Waals surface area contributed by atoms with Crippen LogP contribution in [0.15, 0.2) is 97.6 Å². The first kappa shape index (κ1) is 28.6. The van der Waals surface area contributed by atoms with E-state index in [0.29, 0.717) is 28.1 Å². The number of aliphatic hydroxyl groups is 1. The Bertz CT molecular complexity index is 1580. The highest BCUT2D eigenvalue weighted by Gasteiger charge is 2.18. The van der Waals surface area contributed by atoms with Crippen molar-refractivity contribution in [2.75, 3.05) is 11.9 Å². The lowest BCUT2D eigenvalue weighted by molar-refractivity contribution is 0.0911. The van der Waals surface area contributed by atoms with Crippen molar-refractivity contribution in [3.05, 3.63) is 119 Å². The topological polar surface area (TPSA) is 114 Å². The number of hydrogen-bond donors (Lipinski definition) is 3. The molecule has 1 atom stereocenters. The third kappa shape index (κ3) is 6.97. The average Bonchev–Trinajstić information content (AvgIpc) is 3.45. The number of nitrogens with zero attached hydrogens (tertiary/aromatic N) is 4. The van der Waals surface area contributed by atoms with E-state index in [-0.39, 0.29) is 25.8 Å². The van der Waals surface area contributed by atoms with Gasteiger partial charge >= 0.3 is 0 Å². The number of nitrogens with one attached hydrogen (secondary N) is 2. The molecule has 5 rings (SSSR count). The van der Waals surface area contributed by atoms with Gasteiger partial charge in [-0.2, -0.15) is 18.5 Å². The number of aryl methyl sites for hydroxylation is 1. The Morgan fingerprint density at radius 1 is 1.02 bits per heavy atom. The summed E-state index contributed by atoms with van der Waals surface area (Å²) in [6, 6.07) is 23.4. The average molecular weight is 575 g/mol. The summed E-state index contributed by atoms with van der Waals surface area (Å²) in [4.78, 5) is 26.1. The van der Waals surface area contributed by atoms with Crippen LogP contribution in [0.3, 0.4) is 0 Å². The zero-order chi connectivity index (χ0) is 27.2. The highest BCUT2D eigenvalue weighted by Crippen LogP contribution is 2.24.